The third-order valence-corrected chi connectivity index (χ3v) is 3.91. The Kier molecular flexibility index (Phi) is 3.47. The molecule has 0 aliphatic carbocycles. The average Bonchev–Trinajstić information content (AvgIpc) is 2.48. The number of hydrogen-bond acceptors (Lipinski definition) is 6. The molecule has 1 aliphatic rings. The number of anilines is 2. The van der Waals surface area contributed by atoms with Crippen molar-refractivity contribution in [3.05, 3.63) is 41.9 Å². The minimum absolute atomic E-state index is 0.288. The van der Waals surface area contributed by atoms with E-state index in [1.807, 2.05) is 31.2 Å². The maximum absolute atomic E-state index is 10.8. The van der Waals surface area contributed by atoms with E-state index >= 15 is 0 Å². The van der Waals surface area contributed by atoms with Crippen LogP contribution in [0.3, 0.4) is 0 Å². The van der Waals surface area contributed by atoms with Crippen molar-refractivity contribution in [3.8, 4) is 0 Å². The molecule has 1 aliphatic heterocycles. The summed E-state index contributed by atoms with van der Waals surface area (Å²) in [5.74, 6) is 1.11. The van der Waals surface area contributed by atoms with E-state index in [0.717, 1.165) is 17.2 Å². The number of aromatic nitrogens is 3. The van der Waals surface area contributed by atoms with E-state index in [0.29, 0.717) is 25.9 Å². The predicted molar refractivity (Wildman–Crippen MR) is 80.8 cm³/mol. The molecule has 21 heavy (non-hydrogen) atoms. The lowest BCUT2D eigenvalue weighted by atomic mass is 9.88. The van der Waals surface area contributed by atoms with Gasteiger partial charge in [-0.15, -0.1) is 0 Å². The number of aliphatic hydroxyl groups is 1. The van der Waals surface area contributed by atoms with Gasteiger partial charge in [-0.3, -0.25) is 4.98 Å². The topological polar surface area (TPSA) is 88.2 Å². The van der Waals surface area contributed by atoms with Crippen LogP contribution < -0.4 is 10.6 Å². The van der Waals surface area contributed by atoms with Gasteiger partial charge < -0.3 is 15.7 Å². The summed E-state index contributed by atoms with van der Waals surface area (Å²) in [4.78, 5) is 14.8. The molecule has 0 aromatic carbocycles. The lowest BCUT2D eigenvalue weighted by Gasteiger charge is -2.38. The molecule has 0 atom stereocenters. The van der Waals surface area contributed by atoms with Gasteiger partial charge in [0.25, 0.3) is 0 Å². The van der Waals surface area contributed by atoms with Gasteiger partial charge in [-0.2, -0.15) is 4.98 Å². The Morgan fingerprint density at radius 3 is 2.62 bits per heavy atom. The number of piperidine rings is 1. The maximum atomic E-state index is 10.8. The van der Waals surface area contributed by atoms with E-state index < -0.39 is 5.60 Å². The van der Waals surface area contributed by atoms with Gasteiger partial charge in [-0.05, 0) is 31.9 Å². The zero-order chi connectivity index (χ0) is 14.9. The van der Waals surface area contributed by atoms with E-state index in [4.69, 9.17) is 5.73 Å². The normalized spacial score (nSPS) is 17.7. The summed E-state index contributed by atoms with van der Waals surface area (Å²) in [5.41, 5.74) is 6.44. The van der Waals surface area contributed by atoms with E-state index in [-0.39, 0.29) is 5.95 Å². The van der Waals surface area contributed by atoms with Crippen LogP contribution in [0.25, 0.3) is 0 Å². The van der Waals surface area contributed by atoms with Crippen molar-refractivity contribution in [1.29, 1.82) is 0 Å². The molecule has 3 rings (SSSR count). The third-order valence-electron chi connectivity index (χ3n) is 3.91. The van der Waals surface area contributed by atoms with Crippen LogP contribution in [0.4, 0.5) is 11.8 Å². The first kappa shape index (κ1) is 13.8. The van der Waals surface area contributed by atoms with Gasteiger partial charge in [0.05, 0.1) is 5.69 Å². The maximum Gasteiger partial charge on any atom is 0.222 e. The second-order valence-electron chi connectivity index (χ2n) is 5.46. The number of hydrogen-bond donors (Lipinski definition) is 2. The van der Waals surface area contributed by atoms with Crippen LogP contribution in [0.2, 0.25) is 0 Å². The van der Waals surface area contributed by atoms with Crippen molar-refractivity contribution >= 4 is 11.8 Å². The summed E-state index contributed by atoms with van der Waals surface area (Å²) in [7, 11) is 0. The Bertz CT molecular complexity index is 603. The van der Waals surface area contributed by atoms with E-state index in [2.05, 4.69) is 19.9 Å². The highest BCUT2D eigenvalue weighted by Crippen LogP contribution is 2.32. The molecular weight excluding hydrogens is 266 g/mol. The molecule has 0 saturated carbocycles. The monoisotopic (exact) mass is 285 g/mol. The summed E-state index contributed by atoms with van der Waals surface area (Å²) in [6.07, 6.45) is 2.95. The molecule has 6 nitrogen and oxygen atoms in total. The molecule has 1 saturated heterocycles. The Morgan fingerprint density at radius 1 is 1.24 bits per heavy atom. The van der Waals surface area contributed by atoms with Crippen LogP contribution in [-0.2, 0) is 5.60 Å². The zero-order valence-electron chi connectivity index (χ0n) is 12.0. The summed E-state index contributed by atoms with van der Waals surface area (Å²) < 4.78 is 0. The standard InChI is InChI=1S/C15H19N5O/c1-11-10-13(19-14(16)18-11)20-8-5-15(21,6-9-20)12-4-2-3-7-17-12/h2-4,7,10,21H,5-6,8-9H2,1H3,(H2,16,18,19). The molecule has 1 fully saturated rings. The van der Waals surface area contributed by atoms with Crippen LogP contribution in [0.5, 0.6) is 0 Å². The van der Waals surface area contributed by atoms with Crippen LogP contribution >= 0.6 is 0 Å². The van der Waals surface area contributed by atoms with Gasteiger partial charge >= 0.3 is 0 Å². The average molecular weight is 285 g/mol. The fraction of sp³-hybridized carbons (Fsp3) is 0.400. The van der Waals surface area contributed by atoms with Crippen LogP contribution in [0.1, 0.15) is 24.2 Å². The Morgan fingerprint density at radius 2 is 2.00 bits per heavy atom. The molecule has 2 aromatic rings. The first-order valence-electron chi connectivity index (χ1n) is 7.07. The second-order valence-corrected chi connectivity index (χ2v) is 5.46. The van der Waals surface area contributed by atoms with Gasteiger partial charge in [0.15, 0.2) is 0 Å². The molecule has 110 valence electrons. The van der Waals surface area contributed by atoms with Crippen molar-refractivity contribution < 1.29 is 5.11 Å². The molecule has 3 N–H and O–H groups in total. The number of nitrogens with zero attached hydrogens (tertiary/aromatic N) is 4. The SMILES string of the molecule is Cc1cc(N2CCC(O)(c3ccccn3)CC2)nc(N)n1. The van der Waals surface area contributed by atoms with E-state index in [1.54, 1.807) is 6.20 Å². The highest BCUT2D eigenvalue weighted by atomic mass is 16.3. The molecule has 2 aromatic heterocycles. The Balaban J connectivity index is 1.76. The van der Waals surface area contributed by atoms with Crippen molar-refractivity contribution in [2.24, 2.45) is 0 Å². The van der Waals surface area contributed by atoms with Gasteiger partial charge in [0, 0.05) is 31.0 Å². The largest absolute Gasteiger partial charge is 0.383 e. The van der Waals surface area contributed by atoms with Crippen molar-refractivity contribution in [3.63, 3.8) is 0 Å². The quantitative estimate of drug-likeness (QED) is 0.863. The minimum atomic E-state index is -0.856. The molecule has 0 spiro atoms. The third kappa shape index (κ3) is 2.80. The van der Waals surface area contributed by atoms with Gasteiger partial charge in [-0.25, -0.2) is 4.98 Å². The number of aryl methyl sites for hydroxylation is 1. The number of nitrogen functional groups attached to an aromatic ring is 1. The fourth-order valence-corrected chi connectivity index (χ4v) is 2.74. The zero-order valence-corrected chi connectivity index (χ0v) is 12.0. The molecule has 6 heteroatoms. The Labute approximate surface area is 123 Å². The smallest absolute Gasteiger partial charge is 0.222 e. The number of nitrogens with two attached hydrogens (primary N) is 1. The summed E-state index contributed by atoms with van der Waals surface area (Å²) in [5, 5.41) is 10.8. The molecule has 0 unspecified atom stereocenters. The summed E-state index contributed by atoms with van der Waals surface area (Å²) in [6, 6.07) is 7.56. The number of pyridine rings is 1. The van der Waals surface area contributed by atoms with Gasteiger partial charge in [0.2, 0.25) is 5.95 Å². The lowest BCUT2D eigenvalue weighted by molar-refractivity contribution is 0.00750. The van der Waals surface area contributed by atoms with Crippen molar-refractivity contribution in [1.82, 2.24) is 15.0 Å². The number of rotatable bonds is 2. The molecule has 0 radical (unpaired) electrons. The van der Waals surface area contributed by atoms with Crippen LogP contribution in [0, 0.1) is 6.92 Å². The fourth-order valence-electron chi connectivity index (χ4n) is 2.74. The van der Waals surface area contributed by atoms with Crippen molar-refractivity contribution in [2.45, 2.75) is 25.4 Å². The molecule has 0 bridgehead atoms. The van der Waals surface area contributed by atoms with E-state index in [9.17, 15) is 5.11 Å². The molecule has 3 heterocycles. The molecule has 0 amide bonds. The highest BCUT2D eigenvalue weighted by Gasteiger charge is 2.35. The summed E-state index contributed by atoms with van der Waals surface area (Å²) in [6.45, 7) is 3.32. The van der Waals surface area contributed by atoms with Crippen LogP contribution in [-0.4, -0.2) is 33.1 Å². The summed E-state index contributed by atoms with van der Waals surface area (Å²) >= 11 is 0. The van der Waals surface area contributed by atoms with E-state index in [1.165, 1.54) is 0 Å². The first-order chi connectivity index (χ1) is 10.1. The second kappa shape index (κ2) is 5.29. The van der Waals surface area contributed by atoms with Gasteiger partial charge in [0.1, 0.15) is 11.4 Å². The Hall–Kier alpha value is -2.21. The first-order valence-corrected chi connectivity index (χ1v) is 7.07. The molecular formula is C15H19N5O. The van der Waals surface area contributed by atoms with Crippen molar-refractivity contribution in [2.75, 3.05) is 23.7 Å². The van der Waals surface area contributed by atoms with Gasteiger partial charge in [-0.1, -0.05) is 6.07 Å². The lowest BCUT2D eigenvalue weighted by Crippen LogP contribution is -2.43. The predicted octanol–water partition coefficient (Wildman–Crippen LogP) is 1.25. The van der Waals surface area contributed by atoms with Crippen LogP contribution in [0.15, 0.2) is 30.5 Å². The minimum Gasteiger partial charge on any atom is -0.383 e. The highest BCUT2D eigenvalue weighted by molar-refractivity contribution is 5.44.